The van der Waals surface area contributed by atoms with E-state index in [2.05, 4.69) is 46.0 Å². The van der Waals surface area contributed by atoms with Gasteiger partial charge in [-0.3, -0.25) is 4.79 Å². The van der Waals surface area contributed by atoms with Crippen LogP contribution in [0.5, 0.6) is 0 Å². The molecule has 4 aliphatic carbocycles. The van der Waals surface area contributed by atoms with Crippen LogP contribution >= 0.6 is 0 Å². The van der Waals surface area contributed by atoms with Crippen LogP contribution < -0.4 is 5.32 Å². The first-order valence-corrected chi connectivity index (χ1v) is 18.4. The van der Waals surface area contributed by atoms with Crippen molar-refractivity contribution in [3.05, 3.63) is 11.6 Å². The average Bonchev–Trinajstić information content (AvgIpc) is 3.28. The molecule has 0 heterocycles. The Morgan fingerprint density at radius 2 is 1.71 bits per heavy atom. The summed E-state index contributed by atoms with van der Waals surface area (Å²) >= 11 is 0. The number of ether oxygens (including phenoxy) is 3. The number of carbonyl (C=O) groups is 2. The van der Waals surface area contributed by atoms with Crippen LogP contribution in [-0.4, -0.2) is 42.5 Å². The number of fused-ring (bicyclic) bond motifs is 5. The first-order valence-electron chi connectivity index (χ1n) is 18.4. The summed E-state index contributed by atoms with van der Waals surface area (Å²) in [6.07, 6.45) is 15.9. The second-order valence-electron chi connectivity index (χ2n) is 17.9. The molecule has 0 aromatic rings. The monoisotopic (exact) mass is 630 g/mol. The standard InChI is InChI=1S/C39H67NO5/c1-26(2)12-11-13-27(3)31-16-17-32-30-15-14-28-24-29(18-21-38(28,9)33(30)19-22-39(31,32)10)44-35(42)40-23-20-34(41)45-37(7,8)25-43-36(4,5)6/h14,26-27,29-33H,11-13,15-25H2,1-10H3,(H,40,42)/t27?,29-,30-,31?,32-,33-,38-,39+/m0/s1. The van der Waals surface area contributed by atoms with E-state index in [1.807, 2.05) is 34.6 Å². The maximum absolute atomic E-state index is 12.7. The molecule has 0 bridgehead atoms. The van der Waals surface area contributed by atoms with Gasteiger partial charge in [0.25, 0.3) is 0 Å². The van der Waals surface area contributed by atoms with Crippen LogP contribution in [0.15, 0.2) is 11.6 Å². The van der Waals surface area contributed by atoms with Crippen LogP contribution in [0.2, 0.25) is 0 Å². The summed E-state index contributed by atoms with van der Waals surface area (Å²) in [5, 5.41) is 2.78. The van der Waals surface area contributed by atoms with Gasteiger partial charge in [0.2, 0.25) is 0 Å². The molecule has 0 spiro atoms. The van der Waals surface area contributed by atoms with E-state index >= 15 is 0 Å². The number of carbonyl (C=O) groups excluding carboxylic acids is 2. The van der Waals surface area contributed by atoms with E-state index in [1.54, 1.807) is 0 Å². The van der Waals surface area contributed by atoms with Crippen molar-refractivity contribution in [1.82, 2.24) is 5.32 Å². The van der Waals surface area contributed by atoms with Gasteiger partial charge in [-0.25, -0.2) is 4.79 Å². The average molecular weight is 630 g/mol. The van der Waals surface area contributed by atoms with E-state index in [1.165, 1.54) is 56.9 Å². The van der Waals surface area contributed by atoms with Crippen LogP contribution in [-0.2, 0) is 19.0 Å². The number of hydrogen-bond acceptors (Lipinski definition) is 5. The topological polar surface area (TPSA) is 73.9 Å². The summed E-state index contributed by atoms with van der Waals surface area (Å²) in [7, 11) is 0. The maximum atomic E-state index is 12.7. The van der Waals surface area contributed by atoms with Gasteiger partial charge in [-0.05, 0) is 126 Å². The predicted molar refractivity (Wildman–Crippen MR) is 182 cm³/mol. The molecule has 0 aromatic carbocycles. The number of rotatable bonds is 12. The third-order valence-corrected chi connectivity index (χ3v) is 12.4. The maximum Gasteiger partial charge on any atom is 0.407 e. The molecule has 3 saturated carbocycles. The fourth-order valence-corrected chi connectivity index (χ4v) is 9.99. The van der Waals surface area contributed by atoms with E-state index in [9.17, 15) is 9.59 Å². The fourth-order valence-electron chi connectivity index (χ4n) is 9.99. The van der Waals surface area contributed by atoms with Crippen molar-refractivity contribution in [3.63, 3.8) is 0 Å². The third kappa shape index (κ3) is 8.87. The van der Waals surface area contributed by atoms with E-state index in [0.29, 0.717) is 12.0 Å². The Hall–Kier alpha value is -1.56. The minimum absolute atomic E-state index is 0.0993. The van der Waals surface area contributed by atoms with Crippen LogP contribution in [0, 0.1) is 46.3 Å². The number of amides is 1. The molecule has 4 rings (SSSR count). The molecule has 45 heavy (non-hydrogen) atoms. The van der Waals surface area contributed by atoms with Gasteiger partial charge in [-0.2, -0.15) is 0 Å². The van der Waals surface area contributed by atoms with Crippen LogP contribution in [0.25, 0.3) is 0 Å². The number of allylic oxidation sites excluding steroid dienone is 1. The van der Waals surface area contributed by atoms with E-state index in [-0.39, 0.29) is 36.1 Å². The van der Waals surface area contributed by atoms with Gasteiger partial charge in [0.15, 0.2) is 0 Å². The van der Waals surface area contributed by atoms with Gasteiger partial charge in [-0.1, -0.05) is 65.5 Å². The lowest BCUT2D eigenvalue weighted by molar-refractivity contribution is -0.167. The lowest BCUT2D eigenvalue weighted by Gasteiger charge is -2.58. The van der Waals surface area contributed by atoms with E-state index < -0.39 is 11.7 Å². The zero-order chi connectivity index (χ0) is 33.2. The normalized spacial score (nSPS) is 33.8. The van der Waals surface area contributed by atoms with Gasteiger partial charge in [0.1, 0.15) is 11.7 Å². The third-order valence-electron chi connectivity index (χ3n) is 12.4. The highest BCUT2D eigenvalue weighted by Gasteiger charge is 2.59. The van der Waals surface area contributed by atoms with Crippen molar-refractivity contribution in [2.24, 2.45) is 46.3 Å². The zero-order valence-electron chi connectivity index (χ0n) is 30.6. The molecule has 3 fully saturated rings. The minimum atomic E-state index is -0.728. The second-order valence-corrected chi connectivity index (χ2v) is 17.9. The molecule has 6 nitrogen and oxygen atoms in total. The van der Waals surface area contributed by atoms with Crippen molar-refractivity contribution in [2.45, 2.75) is 164 Å². The highest BCUT2D eigenvalue weighted by atomic mass is 16.6. The summed E-state index contributed by atoms with van der Waals surface area (Å²) in [4.78, 5) is 25.1. The Labute approximate surface area is 275 Å². The Morgan fingerprint density at radius 1 is 0.978 bits per heavy atom. The Kier molecular flexibility index (Phi) is 11.5. The molecule has 258 valence electrons. The molecule has 8 atom stereocenters. The smallest absolute Gasteiger partial charge is 0.407 e. The molecule has 6 heteroatoms. The summed E-state index contributed by atoms with van der Waals surface area (Å²) in [5.74, 6) is 4.58. The van der Waals surface area contributed by atoms with Crippen LogP contribution in [0.3, 0.4) is 0 Å². The van der Waals surface area contributed by atoms with E-state index in [4.69, 9.17) is 14.2 Å². The highest BCUT2D eigenvalue weighted by molar-refractivity contribution is 5.72. The van der Waals surface area contributed by atoms with Gasteiger partial charge in [0, 0.05) is 13.0 Å². The lowest BCUT2D eigenvalue weighted by atomic mass is 9.47. The van der Waals surface area contributed by atoms with Gasteiger partial charge >= 0.3 is 12.1 Å². The molecule has 0 saturated heterocycles. The summed E-state index contributed by atoms with van der Waals surface area (Å²) < 4.78 is 17.3. The first kappa shape index (κ1) is 36.3. The Bertz CT molecular complexity index is 1060. The molecule has 0 aromatic heterocycles. The van der Waals surface area contributed by atoms with Crippen molar-refractivity contribution in [3.8, 4) is 0 Å². The summed E-state index contributed by atoms with van der Waals surface area (Å²) in [6, 6.07) is 0. The number of hydrogen-bond donors (Lipinski definition) is 1. The zero-order valence-corrected chi connectivity index (χ0v) is 30.6. The van der Waals surface area contributed by atoms with E-state index in [0.717, 1.165) is 54.8 Å². The lowest BCUT2D eigenvalue weighted by Crippen LogP contribution is -2.51. The molecular formula is C39H67NO5. The Morgan fingerprint density at radius 3 is 2.40 bits per heavy atom. The van der Waals surface area contributed by atoms with Gasteiger partial charge < -0.3 is 19.5 Å². The molecule has 0 aliphatic heterocycles. The van der Waals surface area contributed by atoms with Crippen LogP contribution in [0.1, 0.15) is 146 Å². The fraction of sp³-hybridized carbons (Fsp3) is 0.897. The van der Waals surface area contributed by atoms with Crippen molar-refractivity contribution in [1.29, 1.82) is 0 Å². The number of nitrogens with one attached hydrogen (secondary N) is 1. The minimum Gasteiger partial charge on any atom is -0.457 e. The molecule has 1 N–H and O–H groups in total. The number of alkyl carbamates (subject to hydrolysis) is 1. The molecule has 4 aliphatic rings. The first-order chi connectivity index (χ1) is 20.9. The highest BCUT2D eigenvalue weighted by Crippen LogP contribution is 2.67. The van der Waals surface area contributed by atoms with Crippen molar-refractivity contribution >= 4 is 12.1 Å². The molecular weight excluding hydrogens is 562 g/mol. The molecule has 0 radical (unpaired) electrons. The number of esters is 1. The largest absolute Gasteiger partial charge is 0.457 e. The molecule has 1 amide bonds. The second kappa shape index (κ2) is 14.3. The SMILES string of the molecule is CC(C)CCCC(C)C1CC[C@H]2[C@@H]3CC=C4C[C@@H](OC(=O)NCCC(=O)OC(C)(C)COC(C)(C)C)CC[C@]4(C)[C@H]3CC[C@]12C. The summed E-state index contributed by atoms with van der Waals surface area (Å²) in [6.45, 7) is 22.6. The van der Waals surface area contributed by atoms with Gasteiger partial charge in [-0.15, -0.1) is 0 Å². The van der Waals surface area contributed by atoms with Gasteiger partial charge in [0.05, 0.1) is 18.6 Å². The Balaban J connectivity index is 1.25. The van der Waals surface area contributed by atoms with Crippen molar-refractivity contribution in [2.75, 3.05) is 13.2 Å². The van der Waals surface area contributed by atoms with Crippen LogP contribution in [0.4, 0.5) is 4.79 Å². The summed E-state index contributed by atoms with van der Waals surface area (Å²) in [5.41, 5.74) is 1.23. The predicted octanol–water partition coefficient (Wildman–Crippen LogP) is 9.65. The van der Waals surface area contributed by atoms with Crippen molar-refractivity contribution < 1.29 is 23.8 Å². The molecule has 2 unspecified atom stereocenters. The quantitative estimate of drug-likeness (QED) is 0.172.